The van der Waals surface area contributed by atoms with Crippen LogP contribution in [0.25, 0.3) is 0 Å². The SMILES string of the molecule is CO[C@@H]1[C@H](C)[C@@H](NC(=O)N2CCC(CS(N)(=O)=O)CC2)C1(C)C. The highest BCUT2D eigenvalue weighted by Gasteiger charge is 2.55. The Kier molecular flexibility index (Phi) is 5.27. The number of likely N-dealkylation sites (tertiary alicyclic amines) is 1. The molecule has 1 saturated carbocycles. The third-order valence-corrected chi connectivity index (χ3v) is 6.38. The number of sulfonamides is 1. The van der Waals surface area contributed by atoms with Gasteiger partial charge in [-0.15, -0.1) is 0 Å². The van der Waals surface area contributed by atoms with Crippen LogP contribution in [0.2, 0.25) is 0 Å². The fraction of sp³-hybridized carbons (Fsp3) is 0.933. The number of primary sulfonamides is 1. The number of methoxy groups -OCH3 is 1. The van der Waals surface area contributed by atoms with E-state index in [4.69, 9.17) is 9.88 Å². The van der Waals surface area contributed by atoms with Crippen LogP contribution in [0.5, 0.6) is 0 Å². The minimum atomic E-state index is -3.44. The molecule has 0 unspecified atom stereocenters. The van der Waals surface area contributed by atoms with Crippen molar-refractivity contribution in [3.63, 3.8) is 0 Å². The van der Waals surface area contributed by atoms with Gasteiger partial charge in [0.15, 0.2) is 0 Å². The molecule has 134 valence electrons. The molecule has 0 radical (unpaired) electrons. The number of hydrogen-bond donors (Lipinski definition) is 2. The molecule has 3 N–H and O–H groups in total. The van der Waals surface area contributed by atoms with Crippen molar-refractivity contribution in [3.05, 3.63) is 0 Å². The largest absolute Gasteiger partial charge is 0.380 e. The Balaban J connectivity index is 1.84. The summed E-state index contributed by atoms with van der Waals surface area (Å²) in [7, 11) is -1.73. The molecule has 1 heterocycles. The summed E-state index contributed by atoms with van der Waals surface area (Å²) in [6.45, 7) is 7.43. The molecule has 7 nitrogen and oxygen atoms in total. The standard InChI is InChI=1S/C15H29N3O4S/c1-10-12(15(2,3)13(10)22-4)17-14(19)18-7-5-11(6-8-18)9-23(16,20)21/h10-13H,5-9H2,1-4H3,(H,17,19)(H2,16,20,21)/t10-,12-,13-/m1/s1. The zero-order chi connectivity index (χ0) is 17.4. The van der Waals surface area contributed by atoms with Crippen LogP contribution in [0, 0.1) is 17.3 Å². The summed E-state index contributed by atoms with van der Waals surface area (Å²) in [5.41, 5.74) is -0.0875. The number of nitrogens with zero attached hydrogens (tertiary/aromatic N) is 1. The third-order valence-electron chi connectivity index (χ3n) is 5.44. The summed E-state index contributed by atoms with van der Waals surface area (Å²) < 4.78 is 27.8. The van der Waals surface area contributed by atoms with Crippen LogP contribution in [0.3, 0.4) is 0 Å². The van der Waals surface area contributed by atoms with Crippen LogP contribution in [0.15, 0.2) is 0 Å². The molecular weight excluding hydrogens is 318 g/mol. The molecule has 1 aliphatic heterocycles. The summed E-state index contributed by atoms with van der Waals surface area (Å²) in [5, 5.41) is 8.21. The van der Waals surface area contributed by atoms with E-state index >= 15 is 0 Å². The molecule has 8 heteroatoms. The molecule has 0 aromatic rings. The molecule has 0 spiro atoms. The van der Waals surface area contributed by atoms with Crippen molar-refractivity contribution < 1.29 is 17.9 Å². The monoisotopic (exact) mass is 347 g/mol. The number of urea groups is 1. The van der Waals surface area contributed by atoms with Crippen LogP contribution >= 0.6 is 0 Å². The quantitative estimate of drug-likeness (QED) is 0.783. The van der Waals surface area contributed by atoms with Crippen LogP contribution in [0.4, 0.5) is 4.79 Å². The Labute approximate surface area is 139 Å². The first-order chi connectivity index (χ1) is 10.6. The Morgan fingerprint density at radius 3 is 2.35 bits per heavy atom. The molecule has 2 amide bonds. The van der Waals surface area contributed by atoms with Gasteiger partial charge >= 0.3 is 6.03 Å². The van der Waals surface area contributed by atoms with Gasteiger partial charge in [0, 0.05) is 37.6 Å². The van der Waals surface area contributed by atoms with Gasteiger partial charge < -0.3 is 15.0 Å². The summed E-state index contributed by atoms with van der Waals surface area (Å²) in [6.07, 6.45) is 1.50. The lowest BCUT2D eigenvalue weighted by Crippen LogP contribution is -2.69. The van der Waals surface area contributed by atoms with E-state index in [2.05, 4.69) is 26.1 Å². The van der Waals surface area contributed by atoms with Gasteiger partial charge in [-0.1, -0.05) is 20.8 Å². The lowest BCUT2D eigenvalue weighted by molar-refractivity contribution is -0.141. The molecule has 23 heavy (non-hydrogen) atoms. The predicted octanol–water partition coefficient (Wildman–Crippen LogP) is 0.756. The second-order valence-electron chi connectivity index (χ2n) is 7.52. The highest BCUT2D eigenvalue weighted by molar-refractivity contribution is 7.89. The maximum absolute atomic E-state index is 12.5. The minimum Gasteiger partial charge on any atom is -0.380 e. The first kappa shape index (κ1) is 18.5. The van der Waals surface area contributed by atoms with E-state index in [1.165, 1.54) is 0 Å². The van der Waals surface area contributed by atoms with E-state index in [-0.39, 0.29) is 41.2 Å². The van der Waals surface area contributed by atoms with Crippen molar-refractivity contribution in [2.45, 2.75) is 45.8 Å². The summed E-state index contributed by atoms with van der Waals surface area (Å²) in [4.78, 5) is 14.2. The summed E-state index contributed by atoms with van der Waals surface area (Å²) >= 11 is 0. The average molecular weight is 347 g/mol. The summed E-state index contributed by atoms with van der Waals surface area (Å²) in [6, 6.07) is 0.0145. The van der Waals surface area contributed by atoms with Gasteiger partial charge in [-0.2, -0.15) is 0 Å². The zero-order valence-corrected chi connectivity index (χ0v) is 15.2. The molecule has 0 bridgehead atoms. The Bertz CT molecular complexity index is 541. The lowest BCUT2D eigenvalue weighted by Gasteiger charge is -2.56. The zero-order valence-electron chi connectivity index (χ0n) is 14.4. The van der Waals surface area contributed by atoms with Crippen molar-refractivity contribution in [3.8, 4) is 0 Å². The number of piperidine rings is 1. The second kappa shape index (κ2) is 6.57. The predicted molar refractivity (Wildman–Crippen MR) is 88.3 cm³/mol. The van der Waals surface area contributed by atoms with Gasteiger partial charge in [-0.05, 0) is 18.8 Å². The maximum Gasteiger partial charge on any atom is 0.317 e. The lowest BCUT2D eigenvalue weighted by atomic mass is 9.58. The minimum absolute atomic E-state index is 0.00463. The highest BCUT2D eigenvalue weighted by Crippen LogP contribution is 2.46. The Morgan fingerprint density at radius 1 is 1.35 bits per heavy atom. The van der Waals surface area contributed by atoms with E-state index in [0.717, 1.165) is 0 Å². The average Bonchev–Trinajstić information content (AvgIpc) is 2.43. The Morgan fingerprint density at radius 2 is 1.91 bits per heavy atom. The fourth-order valence-electron chi connectivity index (χ4n) is 4.28. The van der Waals surface area contributed by atoms with Crippen molar-refractivity contribution >= 4 is 16.1 Å². The molecule has 2 fully saturated rings. The second-order valence-corrected chi connectivity index (χ2v) is 9.18. The van der Waals surface area contributed by atoms with Gasteiger partial charge in [-0.25, -0.2) is 18.4 Å². The Hall–Kier alpha value is -0.860. The molecule has 3 atom stereocenters. The van der Waals surface area contributed by atoms with Gasteiger partial charge in [-0.3, -0.25) is 0 Å². The van der Waals surface area contributed by atoms with E-state index in [0.29, 0.717) is 25.9 Å². The number of rotatable bonds is 4. The van der Waals surface area contributed by atoms with Gasteiger partial charge in [0.25, 0.3) is 0 Å². The highest BCUT2D eigenvalue weighted by atomic mass is 32.2. The molecule has 2 rings (SSSR count). The maximum atomic E-state index is 12.5. The number of nitrogens with one attached hydrogen (secondary N) is 1. The molecular formula is C15H29N3O4S. The summed E-state index contributed by atoms with van der Waals surface area (Å²) in [5.74, 6) is 0.329. The number of carbonyl (C=O) groups is 1. The number of amides is 2. The van der Waals surface area contributed by atoms with E-state index in [1.54, 1.807) is 12.0 Å². The van der Waals surface area contributed by atoms with Crippen LogP contribution < -0.4 is 10.5 Å². The number of nitrogens with two attached hydrogens (primary N) is 1. The third kappa shape index (κ3) is 3.97. The molecule has 0 aromatic heterocycles. The van der Waals surface area contributed by atoms with E-state index in [1.807, 2.05) is 0 Å². The topological polar surface area (TPSA) is 102 Å². The molecule has 1 aliphatic carbocycles. The smallest absolute Gasteiger partial charge is 0.317 e. The van der Waals surface area contributed by atoms with Crippen molar-refractivity contribution in [2.24, 2.45) is 22.4 Å². The van der Waals surface area contributed by atoms with Crippen molar-refractivity contribution in [2.75, 3.05) is 26.0 Å². The molecule has 0 aromatic carbocycles. The van der Waals surface area contributed by atoms with Crippen molar-refractivity contribution in [1.82, 2.24) is 10.2 Å². The van der Waals surface area contributed by atoms with Crippen molar-refractivity contribution in [1.29, 1.82) is 0 Å². The normalized spacial score (nSPS) is 31.5. The number of ether oxygens (including phenoxy) is 1. The first-order valence-electron chi connectivity index (χ1n) is 8.15. The van der Waals surface area contributed by atoms with E-state index < -0.39 is 10.0 Å². The number of hydrogen-bond acceptors (Lipinski definition) is 4. The first-order valence-corrected chi connectivity index (χ1v) is 9.86. The van der Waals surface area contributed by atoms with Gasteiger partial charge in [0.05, 0.1) is 11.9 Å². The number of carbonyl (C=O) groups excluding carboxylic acids is 1. The van der Waals surface area contributed by atoms with Crippen LogP contribution in [0.1, 0.15) is 33.6 Å². The van der Waals surface area contributed by atoms with Gasteiger partial charge in [0.2, 0.25) is 10.0 Å². The van der Waals surface area contributed by atoms with E-state index in [9.17, 15) is 13.2 Å². The molecule has 1 saturated heterocycles. The van der Waals surface area contributed by atoms with Crippen LogP contribution in [-0.2, 0) is 14.8 Å². The fourth-order valence-corrected chi connectivity index (χ4v) is 5.27. The van der Waals surface area contributed by atoms with Gasteiger partial charge in [0.1, 0.15) is 0 Å². The van der Waals surface area contributed by atoms with Crippen LogP contribution in [-0.4, -0.2) is 57.4 Å². The molecule has 2 aliphatic rings.